The van der Waals surface area contributed by atoms with Gasteiger partial charge < -0.3 is 14.6 Å². The van der Waals surface area contributed by atoms with Gasteiger partial charge in [0.15, 0.2) is 10.1 Å². The van der Waals surface area contributed by atoms with Crippen LogP contribution < -0.4 is 5.32 Å². The minimum absolute atomic E-state index is 0.0131. The van der Waals surface area contributed by atoms with Crippen molar-refractivity contribution in [2.24, 2.45) is 5.92 Å². The van der Waals surface area contributed by atoms with Gasteiger partial charge >= 0.3 is 0 Å². The Bertz CT molecular complexity index is 1040. The first-order chi connectivity index (χ1) is 14.5. The van der Waals surface area contributed by atoms with Gasteiger partial charge in [0.1, 0.15) is 0 Å². The lowest BCUT2D eigenvalue weighted by Gasteiger charge is -2.30. The Kier molecular flexibility index (Phi) is 6.24. The number of hydrogen-bond acceptors (Lipinski definition) is 6. The van der Waals surface area contributed by atoms with E-state index >= 15 is 0 Å². The third-order valence-corrected chi connectivity index (χ3v) is 7.19. The number of aromatic nitrogens is 1. The highest BCUT2D eigenvalue weighted by Crippen LogP contribution is 2.32. The molecule has 1 saturated heterocycles. The number of aryl methyl sites for hydroxylation is 2. The molecule has 1 N–H and O–H groups in total. The topological polar surface area (TPSA) is 75.4 Å². The zero-order valence-electron chi connectivity index (χ0n) is 16.9. The number of likely N-dealkylation sites (tertiary alicyclic amines) is 1. The predicted octanol–water partition coefficient (Wildman–Crippen LogP) is 5.00. The molecule has 0 radical (unpaired) electrons. The van der Waals surface area contributed by atoms with Gasteiger partial charge in [0, 0.05) is 40.7 Å². The average Bonchev–Trinajstić information content (AvgIpc) is 3.41. The smallest absolute Gasteiger partial charge is 0.289 e. The van der Waals surface area contributed by atoms with E-state index in [1.165, 1.54) is 6.26 Å². The zero-order chi connectivity index (χ0) is 21.1. The van der Waals surface area contributed by atoms with Gasteiger partial charge in [-0.15, -0.1) is 11.3 Å². The van der Waals surface area contributed by atoms with Crippen molar-refractivity contribution in [3.8, 4) is 0 Å². The fourth-order valence-corrected chi connectivity index (χ4v) is 5.36. The summed E-state index contributed by atoms with van der Waals surface area (Å²) in [5, 5.41) is 5.10. The molecule has 0 saturated carbocycles. The van der Waals surface area contributed by atoms with Crippen LogP contribution in [0.15, 0.2) is 55.6 Å². The second kappa shape index (κ2) is 9.06. The summed E-state index contributed by atoms with van der Waals surface area (Å²) in [7, 11) is 0. The Hall–Kier alpha value is -2.58. The molecule has 0 bridgehead atoms. The highest BCUT2D eigenvalue weighted by atomic mass is 32.2. The Morgan fingerprint density at radius 3 is 2.67 bits per heavy atom. The van der Waals surface area contributed by atoms with Gasteiger partial charge in [0.05, 0.1) is 6.26 Å². The highest BCUT2D eigenvalue weighted by molar-refractivity contribution is 8.01. The largest absolute Gasteiger partial charge is 0.459 e. The van der Waals surface area contributed by atoms with E-state index in [4.69, 9.17) is 4.42 Å². The number of nitrogens with one attached hydrogen (secondary N) is 1. The molecule has 8 heteroatoms. The third-order valence-electron chi connectivity index (χ3n) is 5.14. The van der Waals surface area contributed by atoms with Gasteiger partial charge in [-0.3, -0.25) is 9.59 Å². The van der Waals surface area contributed by atoms with Crippen molar-refractivity contribution < 1.29 is 14.0 Å². The van der Waals surface area contributed by atoms with E-state index in [-0.39, 0.29) is 17.7 Å². The normalized spacial score (nSPS) is 14.7. The molecule has 3 heterocycles. The molecule has 1 aliphatic heterocycles. The van der Waals surface area contributed by atoms with Crippen LogP contribution in [0.25, 0.3) is 0 Å². The Balaban J connectivity index is 1.32. The van der Waals surface area contributed by atoms with E-state index < -0.39 is 0 Å². The molecule has 0 unspecified atom stereocenters. The Labute approximate surface area is 183 Å². The standard InChI is InChI=1S/C22H23N3O3S2/c1-14-12-17(30-22-23-15(2)13-29-22)5-6-18(14)24-20(26)16-7-9-25(10-8-16)21(27)19-4-3-11-28-19/h3-6,11-13,16H,7-10H2,1-2H3,(H,24,26). The van der Waals surface area contributed by atoms with Crippen molar-refractivity contribution in [1.82, 2.24) is 9.88 Å². The van der Waals surface area contributed by atoms with Crippen LogP contribution in [0.3, 0.4) is 0 Å². The van der Waals surface area contributed by atoms with Crippen molar-refractivity contribution in [2.45, 2.75) is 35.9 Å². The number of benzene rings is 1. The second-order valence-corrected chi connectivity index (χ2v) is 9.55. The lowest BCUT2D eigenvalue weighted by atomic mass is 9.95. The molecular formula is C22H23N3O3S2. The fraction of sp³-hybridized carbons (Fsp3) is 0.318. The van der Waals surface area contributed by atoms with Crippen LogP contribution >= 0.6 is 23.1 Å². The van der Waals surface area contributed by atoms with Crippen molar-refractivity contribution >= 4 is 40.6 Å². The number of amides is 2. The van der Waals surface area contributed by atoms with E-state index in [2.05, 4.69) is 16.4 Å². The van der Waals surface area contributed by atoms with Crippen LogP contribution in [0.4, 0.5) is 5.69 Å². The molecular weight excluding hydrogens is 418 g/mol. The summed E-state index contributed by atoms with van der Waals surface area (Å²) in [4.78, 5) is 32.5. The zero-order valence-corrected chi connectivity index (χ0v) is 18.5. The number of furan rings is 1. The second-order valence-electron chi connectivity index (χ2n) is 7.37. The molecule has 1 aliphatic rings. The van der Waals surface area contributed by atoms with Crippen LogP contribution in [-0.2, 0) is 4.79 Å². The number of nitrogens with zero attached hydrogens (tertiary/aromatic N) is 2. The molecule has 2 amide bonds. The first-order valence-corrected chi connectivity index (χ1v) is 11.5. The summed E-state index contributed by atoms with van der Waals surface area (Å²) in [5.41, 5.74) is 2.88. The summed E-state index contributed by atoms with van der Waals surface area (Å²) in [6.07, 6.45) is 2.79. The highest BCUT2D eigenvalue weighted by Gasteiger charge is 2.29. The number of hydrogen-bond donors (Lipinski definition) is 1. The summed E-state index contributed by atoms with van der Waals surface area (Å²) in [6, 6.07) is 9.40. The van der Waals surface area contributed by atoms with Crippen LogP contribution in [0, 0.1) is 19.8 Å². The molecule has 0 aliphatic carbocycles. The van der Waals surface area contributed by atoms with E-state index in [0.29, 0.717) is 31.7 Å². The summed E-state index contributed by atoms with van der Waals surface area (Å²) >= 11 is 3.26. The third kappa shape index (κ3) is 4.76. The molecule has 0 atom stereocenters. The van der Waals surface area contributed by atoms with Crippen molar-refractivity contribution in [3.63, 3.8) is 0 Å². The van der Waals surface area contributed by atoms with E-state index in [9.17, 15) is 9.59 Å². The van der Waals surface area contributed by atoms with Gasteiger partial charge in [-0.2, -0.15) is 0 Å². The first kappa shape index (κ1) is 20.7. The van der Waals surface area contributed by atoms with E-state index in [1.807, 2.05) is 31.4 Å². The molecule has 2 aromatic heterocycles. The predicted molar refractivity (Wildman–Crippen MR) is 118 cm³/mol. The van der Waals surface area contributed by atoms with Gasteiger partial charge in [0.25, 0.3) is 5.91 Å². The minimum atomic E-state index is -0.113. The van der Waals surface area contributed by atoms with Gasteiger partial charge in [0.2, 0.25) is 5.91 Å². The van der Waals surface area contributed by atoms with Crippen LogP contribution in [0.1, 0.15) is 34.7 Å². The summed E-state index contributed by atoms with van der Waals surface area (Å²) in [6.45, 7) is 5.10. The lowest BCUT2D eigenvalue weighted by molar-refractivity contribution is -0.121. The molecule has 3 aromatic rings. The molecule has 156 valence electrons. The number of rotatable bonds is 5. The molecule has 0 spiro atoms. The van der Waals surface area contributed by atoms with Gasteiger partial charge in [-0.1, -0.05) is 11.8 Å². The maximum absolute atomic E-state index is 12.8. The van der Waals surface area contributed by atoms with Crippen LogP contribution in [0.5, 0.6) is 0 Å². The van der Waals surface area contributed by atoms with Crippen LogP contribution in [-0.4, -0.2) is 34.8 Å². The number of anilines is 1. The number of thiazole rings is 1. The number of piperidine rings is 1. The van der Waals surface area contributed by atoms with Crippen molar-refractivity contribution in [1.29, 1.82) is 0 Å². The molecule has 30 heavy (non-hydrogen) atoms. The Morgan fingerprint density at radius 2 is 2.03 bits per heavy atom. The maximum Gasteiger partial charge on any atom is 0.289 e. The molecule has 6 nitrogen and oxygen atoms in total. The fourth-order valence-electron chi connectivity index (χ4n) is 3.46. The van der Waals surface area contributed by atoms with E-state index in [1.54, 1.807) is 40.1 Å². The number of carbonyl (C=O) groups is 2. The molecule has 1 aromatic carbocycles. The first-order valence-electron chi connectivity index (χ1n) is 9.84. The number of carbonyl (C=O) groups excluding carboxylic acids is 2. The average molecular weight is 442 g/mol. The minimum Gasteiger partial charge on any atom is -0.459 e. The summed E-state index contributed by atoms with van der Waals surface area (Å²) < 4.78 is 6.20. The van der Waals surface area contributed by atoms with Gasteiger partial charge in [-0.25, -0.2) is 4.98 Å². The van der Waals surface area contributed by atoms with E-state index in [0.717, 1.165) is 26.2 Å². The van der Waals surface area contributed by atoms with Crippen LogP contribution in [0.2, 0.25) is 0 Å². The quantitative estimate of drug-likeness (QED) is 0.603. The van der Waals surface area contributed by atoms with Gasteiger partial charge in [-0.05, 0) is 62.6 Å². The van der Waals surface area contributed by atoms with Crippen molar-refractivity contribution in [3.05, 3.63) is 59.0 Å². The Morgan fingerprint density at radius 1 is 1.23 bits per heavy atom. The lowest BCUT2D eigenvalue weighted by Crippen LogP contribution is -2.41. The monoisotopic (exact) mass is 441 g/mol. The maximum atomic E-state index is 12.8. The molecule has 1 fully saturated rings. The SMILES string of the molecule is Cc1csc(Sc2ccc(NC(=O)C3CCN(C(=O)c4ccco4)CC3)c(C)c2)n1. The van der Waals surface area contributed by atoms with Crippen molar-refractivity contribution in [2.75, 3.05) is 18.4 Å². The molecule has 4 rings (SSSR count). The summed E-state index contributed by atoms with van der Waals surface area (Å²) in [5.74, 6) is 0.147.